The molecule has 4 heteroatoms. The maximum atomic E-state index is 11.7. The van der Waals surface area contributed by atoms with Gasteiger partial charge in [0.1, 0.15) is 0 Å². The molecule has 1 unspecified atom stereocenters. The zero-order chi connectivity index (χ0) is 11.4. The van der Waals surface area contributed by atoms with Crippen LogP contribution in [0.1, 0.15) is 30.6 Å². The minimum atomic E-state index is -0.344. The standard InChI is InChI=1S/C11H14BrNO2/c1-3-7(2)15-11(14)8-5-4-6-9(13)10(8)12/h4-7H,3,13H2,1-2H3. The van der Waals surface area contributed by atoms with Gasteiger partial charge in [-0.1, -0.05) is 13.0 Å². The third kappa shape index (κ3) is 2.96. The number of halogens is 1. The molecule has 1 aromatic rings. The van der Waals surface area contributed by atoms with Crippen LogP contribution >= 0.6 is 15.9 Å². The van der Waals surface area contributed by atoms with Crippen LogP contribution in [0, 0.1) is 0 Å². The number of esters is 1. The molecule has 0 amide bonds. The maximum Gasteiger partial charge on any atom is 0.339 e. The monoisotopic (exact) mass is 271 g/mol. The molecule has 0 aliphatic rings. The molecule has 2 N–H and O–H groups in total. The fourth-order valence-corrected chi connectivity index (χ4v) is 1.46. The zero-order valence-corrected chi connectivity index (χ0v) is 10.4. The number of nitrogens with two attached hydrogens (primary N) is 1. The van der Waals surface area contributed by atoms with E-state index in [4.69, 9.17) is 10.5 Å². The second kappa shape index (κ2) is 5.16. The SMILES string of the molecule is CCC(C)OC(=O)c1cccc(N)c1Br. The van der Waals surface area contributed by atoms with E-state index < -0.39 is 0 Å². The molecule has 0 heterocycles. The molecule has 0 saturated carbocycles. The summed E-state index contributed by atoms with van der Waals surface area (Å²) >= 11 is 3.27. The first kappa shape index (κ1) is 12.0. The smallest absolute Gasteiger partial charge is 0.339 e. The van der Waals surface area contributed by atoms with Gasteiger partial charge < -0.3 is 10.5 Å². The number of carbonyl (C=O) groups excluding carboxylic acids is 1. The lowest BCUT2D eigenvalue weighted by molar-refractivity contribution is 0.0333. The van der Waals surface area contributed by atoms with E-state index in [9.17, 15) is 4.79 Å². The Morgan fingerprint density at radius 1 is 1.60 bits per heavy atom. The first-order valence-electron chi connectivity index (χ1n) is 4.81. The molecule has 0 aliphatic carbocycles. The summed E-state index contributed by atoms with van der Waals surface area (Å²) in [4.78, 5) is 11.7. The van der Waals surface area contributed by atoms with Gasteiger partial charge in [-0.05, 0) is 41.4 Å². The summed E-state index contributed by atoms with van der Waals surface area (Å²) in [5, 5.41) is 0. The third-order valence-electron chi connectivity index (χ3n) is 2.13. The van der Waals surface area contributed by atoms with Gasteiger partial charge in [-0.2, -0.15) is 0 Å². The summed E-state index contributed by atoms with van der Waals surface area (Å²) in [6.45, 7) is 3.82. The van der Waals surface area contributed by atoms with Crippen molar-refractivity contribution in [1.29, 1.82) is 0 Å². The number of hydrogen-bond donors (Lipinski definition) is 1. The summed E-state index contributed by atoms with van der Waals surface area (Å²) in [6, 6.07) is 5.14. The van der Waals surface area contributed by atoms with Crippen molar-refractivity contribution in [2.45, 2.75) is 26.4 Å². The van der Waals surface area contributed by atoms with Crippen molar-refractivity contribution in [2.75, 3.05) is 5.73 Å². The summed E-state index contributed by atoms with van der Waals surface area (Å²) in [7, 11) is 0. The zero-order valence-electron chi connectivity index (χ0n) is 8.79. The average Bonchev–Trinajstić information content (AvgIpc) is 2.21. The number of rotatable bonds is 3. The topological polar surface area (TPSA) is 52.3 Å². The molecule has 1 rings (SSSR count). The summed E-state index contributed by atoms with van der Waals surface area (Å²) < 4.78 is 5.79. The summed E-state index contributed by atoms with van der Waals surface area (Å²) in [5.74, 6) is -0.344. The Kier molecular flexibility index (Phi) is 4.15. The molecule has 0 saturated heterocycles. The van der Waals surface area contributed by atoms with Gasteiger partial charge in [-0.15, -0.1) is 0 Å². The molecule has 15 heavy (non-hydrogen) atoms. The van der Waals surface area contributed by atoms with Crippen molar-refractivity contribution in [3.8, 4) is 0 Å². The lowest BCUT2D eigenvalue weighted by Crippen LogP contribution is -2.14. The van der Waals surface area contributed by atoms with E-state index in [1.165, 1.54) is 0 Å². The highest BCUT2D eigenvalue weighted by Crippen LogP contribution is 2.24. The van der Waals surface area contributed by atoms with Crippen LogP contribution in [-0.2, 0) is 4.74 Å². The Labute approximate surface area is 97.7 Å². The highest BCUT2D eigenvalue weighted by Gasteiger charge is 2.15. The van der Waals surface area contributed by atoms with Gasteiger partial charge in [0.25, 0.3) is 0 Å². The van der Waals surface area contributed by atoms with Crippen molar-refractivity contribution >= 4 is 27.6 Å². The van der Waals surface area contributed by atoms with Crippen LogP contribution in [0.25, 0.3) is 0 Å². The van der Waals surface area contributed by atoms with Crippen molar-refractivity contribution in [3.05, 3.63) is 28.2 Å². The first-order chi connectivity index (χ1) is 7.06. The van der Waals surface area contributed by atoms with Crippen LogP contribution in [-0.4, -0.2) is 12.1 Å². The number of benzene rings is 1. The number of hydrogen-bond acceptors (Lipinski definition) is 3. The highest BCUT2D eigenvalue weighted by molar-refractivity contribution is 9.10. The Hall–Kier alpha value is -1.03. The second-order valence-electron chi connectivity index (χ2n) is 3.33. The van der Waals surface area contributed by atoms with Crippen LogP contribution in [0.15, 0.2) is 22.7 Å². The predicted octanol–water partition coefficient (Wildman–Crippen LogP) is 2.99. The molecule has 82 valence electrons. The van der Waals surface area contributed by atoms with Crippen LogP contribution in [0.5, 0.6) is 0 Å². The lowest BCUT2D eigenvalue weighted by atomic mass is 10.2. The van der Waals surface area contributed by atoms with Crippen LogP contribution in [0.4, 0.5) is 5.69 Å². The number of ether oxygens (including phenoxy) is 1. The van der Waals surface area contributed by atoms with E-state index in [-0.39, 0.29) is 12.1 Å². The van der Waals surface area contributed by atoms with Crippen LogP contribution in [0.3, 0.4) is 0 Å². The Morgan fingerprint density at radius 2 is 2.27 bits per heavy atom. The van der Waals surface area contributed by atoms with Gasteiger partial charge in [0.15, 0.2) is 0 Å². The Bertz CT molecular complexity index is 366. The molecule has 3 nitrogen and oxygen atoms in total. The average molecular weight is 272 g/mol. The van der Waals surface area contributed by atoms with E-state index in [0.717, 1.165) is 6.42 Å². The molecule has 0 fully saturated rings. The highest BCUT2D eigenvalue weighted by atomic mass is 79.9. The molecule has 0 radical (unpaired) electrons. The molecular formula is C11H14BrNO2. The van der Waals surface area contributed by atoms with E-state index in [2.05, 4.69) is 15.9 Å². The predicted molar refractivity (Wildman–Crippen MR) is 63.7 cm³/mol. The Balaban J connectivity index is 2.87. The molecular weight excluding hydrogens is 258 g/mol. The summed E-state index contributed by atoms with van der Waals surface area (Å²) in [5.41, 5.74) is 6.67. The second-order valence-corrected chi connectivity index (χ2v) is 4.13. The number of anilines is 1. The first-order valence-corrected chi connectivity index (χ1v) is 5.60. The Morgan fingerprint density at radius 3 is 2.87 bits per heavy atom. The minimum Gasteiger partial charge on any atom is -0.459 e. The van der Waals surface area contributed by atoms with Gasteiger partial charge in [0.2, 0.25) is 0 Å². The number of nitrogen functional groups attached to an aromatic ring is 1. The fraction of sp³-hybridized carbons (Fsp3) is 0.364. The molecule has 0 aliphatic heterocycles. The normalized spacial score (nSPS) is 12.2. The van der Waals surface area contributed by atoms with Crippen molar-refractivity contribution in [1.82, 2.24) is 0 Å². The third-order valence-corrected chi connectivity index (χ3v) is 3.02. The van der Waals surface area contributed by atoms with Gasteiger partial charge in [-0.25, -0.2) is 4.79 Å². The fourth-order valence-electron chi connectivity index (χ4n) is 1.04. The van der Waals surface area contributed by atoms with Gasteiger partial charge in [0, 0.05) is 5.69 Å². The summed E-state index contributed by atoms with van der Waals surface area (Å²) in [6.07, 6.45) is 0.719. The lowest BCUT2D eigenvalue weighted by Gasteiger charge is -2.12. The van der Waals surface area contributed by atoms with E-state index >= 15 is 0 Å². The number of carbonyl (C=O) groups is 1. The van der Waals surface area contributed by atoms with Crippen LogP contribution < -0.4 is 5.73 Å². The van der Waals surface area contributed by atoms with E-state index in [1.54, 1.807) is 18.2 Å². The van der Waals surface area contributed by atoms with Crippen LogP contribution in [0.2, 0.25) is 0 Å². The quantitative estimate of drug-likeness (QED) is 0.679. The molecule has 0 spiro atoms. The molecule has 0 bridgehead atoms. The van der Waals surface area contributed by atoms with Gasteiger partial charge in [-0.3, -0.25) is 0 Å². The van der Waals surface area contributed by atoms with Crippen molar-refractivity contribution in [2.24, 2.45) is 0 Å². The van der Waals surface area contributed by atoms with E-state index in [0.29, 0.717) is 15.7 Å². The van der Waals surface area contributed by atoms with Crippen molar-refractivity contribution in [3.63, 3.8) is 0 Å². The largest absolute Gasteiger partial charge is 0.459 e. The molecule has 1 atom stereocenters. The van der Waals surface area contributed by atoms with Crippen molar-refractivity contribution < 1.29 is 9.53 Å². The molecule has 1 aromatic carbocycles. The van der Waals surface area contributed by atoms with Gasteiger partial charge in [0.05, 0.1) is 16.1 Å². The maximum absolute atomic E-state index is 11.7. The van der Waals surface area contributed by atoms with E-state index in [1.807, 2.05) is 13.8 Å². The minimum absolute atomic E-state index is 0.0779. The molecule has 0 aromatic heterocycles. The van der Waals surface area contributed by atoms with Gasteiger partial charge >= 0.3 is 5.97 Å².